The summed E-state index contributed by atoms with van der Waals surface area (Å²) in [6.07, 6.45) is 0. The van der Waals surface area contributed by atoms with Crippen molar-refractivity contribution in [3.63, 3.8) is 0 Å². The van der Waals surface area contributed by atoms with Gasteiger partial charge in [-0.05, 0) is 12.1 Å². The Morgan fingerprint density at radius 1 is 1.44 bits per heavy atom. The molecule has 0 aliphatic heterocycles. The van der Waals surface area contributed by atoms with E-state index in [0.29, 0.717) is 30.4 Å². The first-order valence-electron chi connectivity index (χ1n) is 5.70. The number of nitro benzene ring substituents is 1. The van der Waals surface area contributed by atoms with Gasteiger partial charge in [-0.1, -0.05) is 13.8 Å². The molecule has 0 amide bonds. The highest BCUT2D eigenvalue weighted by molar-refractivity contribution is 5.64. The van der Waals surface area contributed by atoms with Crippen LogP contribution in [0.2, 0.25) is 0 Å². The van der Waals surface area contributed by atoms with Gasteiger partial charge in [-0.15, -0.1) is 0 Å². The number of hydrogen-bond donors (Lipinski definition) is 2. The van der Waals surface area contributed by atoms with Gasteiger partial charge in [-0.3, -0.25) is 10.1 Å². The van der Waals surface area contributed by atoms with E-state index in [2.05, 4.69) is 10.6 Å². The van der Waals surface area contributed by atoms with E-state index < -0.39 is 4.92 Å². The van der Waals surface area contributed by atoms with Gasteiger partial charge in [-0.25, -0.2) is 0 Å². The molecule has 96 valence electrons. The lowest BCUT2D eigenvalue weighted by atomic mass is 10.2. The minimum absolute atomic E-state index is 0.0152. The van der Waals surface area contributed by atoms with Crippen LogP contribution in [0.15, 0.2) is 18.2 Å². The molecular formula is C12H16N4O2. The number of hydrogen-bond acceptors (Lipinski definition) is 5. The standard InChI is InChI=1S/C12H16N4O2/c1-9(2)14-5-6-15-11-7-10(8-13)3-4-12(11)16(17)18/h3-4,7,9,14-15H,5-6H2,1-2H3. The number of rotatable bonds is 6. The van der Waals surface area contributed by atoms with Crippen molar-refractivity contribution in [2.75, 3.05) is 18.4 Å². The fraction of sp³-hybridized carbons (Fsp3) is 0.417. The second-order valence-electron chi connectivity index (χ2n) is 4.14. The van der Waals surface area contributed by atoms with Gasteiger partial charge in [-0.2, -0.15) is 5.26 Å². The second kappa shape index (κ2) is 6.57. The van der Waals surface area contributed by atoms with Crippen LogP contribution in [-0.2, 0) is 0 Å². The minimum atomic E-state index is -0.459. The third-order valence-corrected chi connectivity index (χ3v) is 2.32. The average molecular weight is 248 g/mol. The molecule has 0 spiro atoms. The van der Waals surface area contributed by atoms with E-state index >= 15 is 0 Å². The van der Waals surface area contributed by atoms with E-state index in [1.165, 1.54) is 18.2 Å². The highest BCUT2D eigenvalue weighted by Gasteiger charge is 2.13. The van der Waals surface area contributed by atoms with Crippen LogP contribution in [0.5, 0.6) is 0 Å². The summed E-state index contributed by atoms with van der Waals surface area (Å²) in [6, 6.07) is 6.61. The van der Waals surface area contributed by atoms with Crippen molar-refractivity contribution in [3.8, 4) is 6.07 Å². The molecule has 0 saturated carbocycles. The maximum atomic E-state index is 10.8. The molecule has 2 N–H and O–H groups in total. The van der Waals surface area contributed by atoms with Crippen LogP contribution in [-0.4, -0.2) is 24.1 Å². The molecule has 0 heterocycles. The Labute approximate surface area is 106 Å². The molecular weight excluding hydrogens is 232 g/mol. The molecule has 6 nitrogen and oxygen atoms in total. The third-order valence-electron chi connectivity index (χ3n) is 2.32. The monoisotopic (exact) mass is 248 g/mol. The van der Waals surface area contributed by atoms with Gasteiger partial charge >= 0.3 is 0 Å². The molecule has 0 aromatic heterocycles. The van der Waals surface area contributed by atoms with E-state index in [1.54, 1.807) is 0 Å². The van der Waals surface area contributed by atoms with Crippen molar-refractivity contribution in [1.29, 1.82) is 5.26 Å². The van der Waals surface area contributed by atoms with Gasteiger partial charge in [0.25, 0.3) is 5.69 Å². The van der Waals surface area contributed by atoms with Gasteiger partial charge < -0.3 is 10.6 Å². The molecule has 6 heteroatoms. The van der Waals surface area contributed by atoms with Gasteiger partial charge in [0.1, 0.15) is 5.69 Å². The average Bonchev–Trinajstić information content (AvgIpc) is 2.33. The molecule has 0 saturated heterocycles. The first-order chi connectivity index (χ1) is 8.54. The zero-order valence-electron chi connectivity index (χ0n) is 10.4. The Hall–Kier alpha value is -2.13. The van der Waals surface area contributed by atoms with Crippen molar-refractivity contribution < 1.29 is 4.92 Å². The molecule has 0 unspecified atom stereocenters. The molecule has 1 aromatic rings. The summed E-state index contributed by atoms with van der Waals surface area (Å²) in [5, 5.41) is 25.8. The van der Waals surface area contributed by atoms with Crippen LogP contribution >= 0.6 is 0 Å². The maximum absolute atomic E-state index is 10.8. The molecule has 0 aliphatic carbocycles. The smallest absolute Gasteiger partial charge is 0.292 e. The summed E-state index contributed by atoms with van der Waals surface area (Å²) < 4.78 is 0. The minimum Gasteiger partial charge on any atom is -0.378 e. The molecule has 18 heavy (non-hydrogen) atoms. The lowest BCUT2D eigenvalue weighted by Crippen LogP contribution is -2.28. The summed E-state index contributed by atoms with van der Waals surface area (Å²) in [7, 11) is 0. The molecule has 0 fully saturated rings. The number of nitro groups is 1. The SMILES string of the molecule is CC(C)NCCNc1cc(C#N)ccc1[N+](=O)[O-]. The predicted octanol–water partition coefficient (Wildman–Crippen LogP) is 1.88. The van der Waals surface area contributed by atoms with Crippen LogP contribution in [0, 0.1) is 21.4 Å². The molecule has 0 atom stereocenters. The van der Waals surface area contributed by atoms with E-state index in [0.717, 1.165) is 0 Å². The fourth-order valence-corrected chi connectivity index (χ4v) is 1.46. The number of nitrogens with zero attached hydrogens (tertiary/aromatic N) is 2. The summed E-state index contributed by atoms with van der Waals surface area (Å²) in [4.78, 5) is 10.4. The number of nitrogens with one attached hydrogen (secondary N) is 2. The van der Waals surface area contributed by atoms with Crippen molar-refractivity contribution in [2.45, 2.75) is 19.9 Å². The Kier molecular flexibility index (Phi) is 5.08. The summed E-state index contributed by atoms with van der Waals surface area (Å²) in [5.41, 5.74) is 0.767. The zero-order valence-corrected chi connectivity index (χ0v) is 10.4. The highest BCUT2D eigenvalue weighted by atomic mass is 16.6. The lowest BCUT2D eigenvalue weighted by molar-refractivity contribution is -0.384. The lowest BCUT2D eigenvalue weighted by Gasteiger charge is -2.10. The van der Waals surface area contributed by atoms with Crippen LogP contribution < -0.4 is 10.6 Å². The predicted molar refractivity (Wildman–Crippen MR) is 69.4 cm³/mol. The van der Waals surface area contributed by atoms with Gasteiger partial charge in [0.05, 0.1) is 16.6 Å². The number of benzene rings is 1. The molecule has 0 radical (unpaired) electrons. The van der Waals surface area contributed by atoms with E-state index in [-0.39, 0.29) is 5.69 Å². The van der Waals surface area contributed by atoms with Crippen molar-refractivity contribution in [1.82, 2.24) is 5.32 Å². The summed E-state index contributed by atoms with van der Waals surface area (Å²) in [6.45, 7) is 5.32. The molecule has 0 aliphatic rings. The quantitative estimate of drug-likeness (QED) is 0.455. The molecule has 1 rings (SSSR count). The second-order valence-corrected chi connectivity index (χ2v) is 4.14. The first kappa shape index (κ1) is 13.9. The van der Waals surface area contributed by atoms with E-state index in [9.17, 15) is 10.1 Å². The van der Waals surface area contributed by atoms with Crippen LogP contribution in [0.1, 0.15) is 19.4 Å². The number of anilines is 1. The first-order valence-corrected chi connectivity index (χ1v) is 5.70. The third kappa shape index (κ3) is 4.03. The molecule has 1 aromatic carbocycles. The highest BCUT2D eigenvalue weighted by Crippen LogP contribution is 2.24. The van der Waals surface area contributed by atoms with Crippen molar-refractivity contribution in [2.24, 2.45) is 0 Å². The summed E-state index contributed by atoms with van der Waals surface area (Å²) >= 11 is 0. The Morgan fingerprint density at radius 2 is 2.17 bits per heavy atom. The van der Waals surface area contributed by atoms with Crippen LogP contribution in [0.4, 0.5) is 11.4 Å². The van der Waals surface area contributed by atoms with Gasteiger partial charge in [0.15, 0.2) is 0 Å². The maximum Gasteiger partial charge on any atom is 0.292 e. The number of nitriles is 1. The van der Waals surface area contributed by atoms with Crippen molar-refractivity contribution >= 4 is 11.4 Å². The zero-order chi connectivity index (χ0) is 13.5. The van der Waals surface area contributed by atoms with E-state index in [1.807, 2.05) is 19.9 Å². The normalized spacial score (nSPS) is 10.1. The van der Waals surface area contributed by atoms with Crippen molar-refractivity contribution in [3.05, 3.63) is 33.9 Å². The Balaban J connectivity index is 2.73. The van der Waals surface area contributed by atoms with E-state index in [4.69, 9.17) is 5.26 Å². The Morgan fingerprint density at radius 3 is 2.72 bits per heavy atom. The van der Waals surface area contributed by atoms with Gasteiger partial charge in [0.2, 0.25) is 0 Å². The topological polar surface area (TPSA) is 91.0 Å². The molecule has 0 bridgehead atoms. The largest absolute Gasteiger partial charge is 0.378 e. The van der Waals surface area contributed by atoms with Crippen LogP contribution in [0.3, 0.4) is 0 Å². The fourth-order valence-electron chi connectivity index (χ4n) is 1.46. The van der Waals surface area contributed by atoms with Gasteiger partial charge in [0, 0.05) is 25.2 Å². The summed E-state index contributed by atoms with van der Waals surface area (Å²) in [5.74, 6) is 0. The van der Waals surface area contributed by atoms with Crippen LogP contribution in [0.25, 0.3) is 0 Å². The Bertz CT molecular complexity index is 466.